The van der Waals surface area contributed by atoms with Gasteiger partial charge in [-0.05, 0) is 51.1 Å². The first-order chi connectivity index (χ1) is 18.9. The van der Waals surface area contributed by atoms with Crippen LogP contribution in [0.4, 0.5) is 19.4 Å². The number of piperazine rings is 1. The van der Waals surface area contributed by atoms with Crippen LogP contribution in [0.2, 0.25) is 10.0 Å². The Labute approximate surface area is 239 Å². The summed E-state index contributed by atoms with van der Waals surface area (Å²) in [4.78, 5) is 25.2. The molecule has 2 aromatic heterocycles. The number of hydrogen-bond acceptors (Lipinski definition) is 6. The summed E-state index contributed by atoms with van der Waals surface area (Å²) < 4.78 is 34.5. The number of rotatable bonds is 3. The van der Waals surface area contributed by atoms with E-state index < -0.39 is 23.3 Å². The Morgan fingerprint density at radius 3 is 2.30 bits per heavy atom. The third kappa shape index (κ3) is 5.36. The smallest absolute Gasteiger partial charge is 0.410 e. The summed E-state index contributed by atoms with van der Waals surface area (Å²) in [5.41, 5.74) is 0.565. The third-order valence-electron chi connectivity index (χ3n) is 6.49. The van der Waals surface area contributed by atoms with E-state index in [0.29, 0.717) is 58.4 Å². The number of nitrogens with zero attached hydrogens (tertiary/aromatic N) is 4. The number of halogens is 4. The summed E-state index contributed by atoms with van der Waals surface area (Å²) in [6.07, 6.45) is 1.06. The highest BCUT2D eigenvalue weighted by Crippen LogP contribution is 2.46. The summed E-state index contributed by atoms with van der Waals surface area (Å²) in [6.45, 7) is 6.65. The summed E-state index contributed by atoms with van der Waals surface area (Å²) in [6, 6.07) is 9.78. The second-order valence-corrected chi connectivity index (χ2v) is 11.2. The molecule has 1 aliphatic rings. The van der Waals surface area contributed by atoms with Crippen molar-refractivity contribution in [2.75, 3.05) is 31.1 Å². The third-order valence-corrected chi connectivity index (χ3v) is 7.12. The molecule has 1 N–H and O–H groups in total. The van der Waals surface area contributed by atoms with Crippen LogP contribution in [-0.2, 0) is 4.74 Å². The van der Waals surface area contributed by atoms with Gasteiger partial charge in [0.05, 0.1) is 21.3 Å². The average Bonchev–Trinajstić information content (AvgIpc) is 2.88. The van der Waals surface area contributed by atoms with E-state index in [9.17, 15) is 14.3 Å². The molecule has 5 rings (SSSR count). The maximum Gasteiger partial charge on any atom is 0.410 e. The maximum absolute atomic E-state index is 15.1. The van der Waals surface area contributed by atoms with Crippen molar-refractivity contribution in [3.63, 3.8) is 0 Å². The van der Waals surface area contributed by atoms with Gasteiger partial charge in [0.2, 0.25) is 0 Å². The summed E-state index contributed by atoms with van der Waals surface area (Å²) in [5.74, 6) is -1.72. The van der Waals surface area contributed by atoms with Gasteiger partial charge in [-0.1, -0.05) is 29.3 Å². The predicted octanol–water partition coefficient (Wildman–Crippen LogP) is 7.31. The van der Waals surface area contributed by atoms with Gasteiger partial charge in [0, 0.05) is 60.5 Å². The van der Waals surface area contributed by atoms with Crippen molar-refractivity contribution in [3.8, 4) is 28.1 Å². The summed E-state index contributed by atoms with van der Waals surface area (Å²) in [7, 11) is 0. The van der Waals surface area contributed by atoms with Crippen molar-refractivity contribution in [2.24, 2.45) is 0 Å². The van der Waals surface area contributed by atoms with E-state index in [-0.39, 0.29) is 22.7 Å². The van der Waals surface area contributed by atoms with E-state index in [0.717, 1.165) is 12.1 Å². The SMILES string of the molecule is CC(C)(C)OC(=O)N1CCN(c2nc3c(-c4c(Cl)cccc4Cl)nccc3c(-c3ccc(F)cc3F)c2O)CC1. The minimum absolute atomic E-state index is 0.0117. The first-order valence-electron chi connectivity index (χ1n) is 12.6. The van der Waals surface area contributed by atoms with Crippen LogP contribution in [0.5, 0.6) is 5.75 Å². The monoisotopic (exact) mass is 586 g/mol. The zero-order valence-electron chi connectivity index (χ0n) is 22.0. The molecule has 0 atom stereocenters. The summed E-state index contributed by atoms with van der Waals surface area (Å²) >= 11 is 13.0. The van der Waals surface area contributed by atoms with Crippen LogP contribution < -0.4 is 4.90 Å². The Bertz CT molecular complexity index is 1600. The van der Waals surface area contributed by atoms with E-state index >= 15 is 4.39 Å². The van der Waals surface area contributed by atoms with Crippen molar-refractivity contribution in [1.29, 1.82) is 0 Å². The van der Waals surface area contributed by atoms with E-state index in [1.54, 1.807) is 54.8 Å². The number of carbonyl (C=O) groups is 1. The Morgan fingerprint density at radius 1 is 1.00 bits per heavy atom. The molecule has 1 fully saturated rings. The molecular formula is C29H26Cl2F2N4O3. The minimum Gasteiger partial charge on any atom is -0.504 e. The van der Waals surface area contributed by atoms with Gasteiger partial charge in [0.25, 0.3) is 0 Å². The highest BCUT2D eigenvalue weighted by Gasteiger charge is 2.30. The van der Waals surface area contributed by atoms with Crippen LogP contribution in [0, 0.1) is 11.6 Å². The molecular weight excluding hydrogens is 561 g/mol. The Morgan fingerprint density at radius 2 is 1.68 bits per heavy atom. The van der Waals surface area contributed by atoms with Crippen LogP contribution in [0.1, 0.15) is 20.8 Å². The zero-order valence-corrected chi connectivity index (χ0v) is 23.5. The van der Waals surface area contributed by atoms with Gasteiger partial charge in [-0.2, -0.15) is 0 Å². The van der Waals surface area contributed by atoms with E-state index in [1.165, 1.54) is 12.3 Å². The van der Waals surface area contributed by atoms with Crippen molar-refractivity contribution in [3.05, 3.63) is 70.3 Å². The van der Waals surface area contributed by atoms with Crippen molar-refractivity contribution in [2.45, 2.75) is 26.4 Å². The molecule has 0 saturated carbocycles. The van der Waals surface area contributed by atoms with Crippen molar-refractivity contribution in [1.82, 2.24) is 14.9 Å². The largest absolute Gasteiger partial charge is 0.504 e. The Hall–Kier alpha value is -3.69. The lowest BCUT2D eigenvalue weighted by molar-refractivity contribution is 0.0240. The molecule has 1 amide bonds. The number of benzene rings is 2. The molecule has 11 heteroatoms. The van der Waals surface area contributed by atoms with Gasteiger partial charge >= 0.3 is 6.09 Å². The molecule has 0 radical (unpaired) electrons. The number of pyridine rings is 2. The van der Waals surface area contributed by atoms with Gasteiger partial charge in [0.15, 0.2) is 11.6 Å². The normalized spacial score (nSPS) is 14.1. The fraction of sp³-hybridized carbons (Fsp3) is 0.276. The lowest BCUT2D eigenvalue weighted by Gasteiger charge is -2.36. The molecule has 0 spiro atoms. The number of aromatic hydroxyl groups is 1. The quantitative estimate of drug-likeness (QED) is 0.271. The van der Waals surface area contributed by atoms with Gasteiger partial charge in [-0.3, -0.25) is 4.98 Å². The lowest BCUT2D eigenvalue weighted by atomic mass is 9.97. The maximum atomic E-state index is 15.1. The molecule has 208 valence electrons. The number of fused-ring (bicyclic) bond motifs is 1. The van der Waals surface area contributed by atoms with Gasteiger partial charge in [-0.25, -0.2) is 18.6 Å². The number of aromatic nitrogens is 2. The fourth-order valence-corrected chi connectivity index (χ4v) is 5.26. The van der Waals surface area contributed by atoms with E-state index in [1.807, 2.05) is 0 Å². The van der Waals surface area contributed by atoms with Crippen molar-refractivity contribution < 1.29 is 23.4 Å². The lowest BCUT2D eigenvalue weighted by Crippen LogP contribution is -2.50. The molecule has 2 aromatic carbocycles. The van der Waals surface area contributed by atoms with Crippen LogP contribution in [0.25, 0.3) is 33.3 Å². The van der Waals surface area contributed by atoms with E-state index in [4.69, 9.17) is 32.9 Å². The second-order valence-electron chi connectivity index (χ2n) is 10.4. The average molecular weight is 587 g/mol. The second kappa shape index (κ2) is 10.7. The number of anilines is 1. The molecule has 1 aliphatic heterocycles. The topological polar surface area (TPSA) is 78.8 Å². The van der Waals surface area contributed by atoms with Gasteiger partial charge in [0.1, 0.15) is 17.2 Å². The molecule has 0 bridgehead atoms. The minimum atomic E-state index is -0.849. The Balaban J connectivity index is 1.67. The highest BCUT2D eigenvalue weighted by atomic mass is 35.5. The summed E-state index contributed by atoms with van der Waals surface area (Å²) in [5, 5.41) is 12.6. The van der Waals surface area contributed by atoms with Crippen LogP contribution in [0.15, 0.2) is 48.7 Å². The number of amides is 1. The molecule has 0 aliphatic carbocycles. The zero-order chi connectivity index (χ0) is 28.8. The van der Waals surface area contributed by atoms with Gasteiger partial charge < -0.3 is 19.6 Å². The number of hydrogen-bond donors (Lipinski definition) is 1. The number of carbonyl (C=O) groups excluding carboxylic acids is 1. The van der Waals surface area contributed by atoms with Crippen LogP contribution in [-0.4, -0.2) is 57.8 Å². The van der Waals surface area contributed by atoms with Crippen LogP contribution >= 0.6 is 23.2 Å². The predicted molar refractivity (Wildman–Crippen MR) is 152 cm³/mol. The molecule has 7 nitrogen and oxygen atoms in total. The van der Waals surface area contributed by atoms with Crippen LogP contribution in [0.3, 0.4) is 0 Å². The molecule has 4 aromatic rings. The van der Waals surface area contributed by atoms with E-state index in [2.05, 4.69) is 4.98 Å². The molecule has 3 heterocycles. The molecule has 1 saturated heterocycles. The molecule has 0 unspecified atom stereocenters. The highest BCUT2D eigenvalue weighted by molar-refractivity contribution is 6.39. The first-order valence-corrected chi connectivity index (χ1v) is 13.3. The Kier molecular flexibility index (Phi) is 7.46. The van der Waals surface area contributed by atoms with Gasteiger partial charge in [-0.15, -0.1) is 0 Å². The first kappa shape index (κ1) is 27.9. The van der Waals surface area contributed by atoms with Crippen molar-refractivity contribution >= 4 is 46.0 Å². The number of ether oxygens (including phenoxy) is 1. The fourth-order valence-electron chi connectivity index (χ4n) is 4.69. The standard InChI is InChI=1S/C29H26Cl2F2N4O3/c1-29(2,3)40-28(39)37-13-11-36(12-14-37)27-26(38)22(17-8-7-16(32)15-21(17)33)18-9-10-34-25(24(18)35-27)23-19(30)5-4-6-20(23)31/h4-10,15,38H,11-14H2,1-3H3. The molecule has 40 heavy (non-hydrogen) atoms.